The maximum Gasteiger partial charge on any atom is 0.222 e. The zero-order chi connectivity index (χ0) is 18.5. The molecular weight excluding hydrogens is 342 g/mol. The number of anilines is 1. The highest BCUT2D eigenvalue weighted by atomic mass is 32.1. The Morgan fingerprint density at radius 2 is 1.85 bits per heavy atom. The van der Waals surface area contributed by atoms with Gasteiger partial charge in [-0.05, 0) is 57.0 Å². The predicted molar refractivity (Wildman–Crippen MR) is 111 cm³/mol. The van der Waals surface area contributed by atoms with Crippen LogP contribution in [0.1, 0.15) is 51.0 Å². The zero-order valence-electron chi connectivity index (χ0n) is 16.0. The number of nitrogens with one attached hydrogen (secondary N) is 1. The van der Waals surface area contributed by atoms with Gasteiger partial charge in [-0.15, -0.1) is 0 Å². The molecule has 142 valence electrons. The minimum absolute atomic E-state index is 0.240. The zero-order valence-corrected chi connectivity index (χ0v) is 16.9. The average molecular weight is 374 g/mol. The molecule has 1 aromatic rings. The standard InChI is InChI=1S/C21H31N3OS/c1-16-8-10-19(11-9-16)22-21(26)24-13-12-23(15-17(24)2)20(25)14-18-6-4-3-5-7-18/h8-11,17-18H,3-7,12-15H2,1-2H3,(H,22,26). The second-order valence-electron chi connectivity index (χ2n) is 7.89. The van der Waals surface area contributed by atoms with Gasteiger partial charge in [-0.1, -0.05) is 37.0 Å². The lowest BCUT2D eigenvalue weighted by atomic mass is 9.86. The first-order valence-corrected chi connectivity index (χ1v) is 10.4. The lowest BCUT2D eigenvalue weighted by Crippen LogP contribution is -2.56. The summed E-state index contributed by atoms with van der Waals surface area (Å²) >= 11 is 5.61. The maximum absolute atomic E-state index is 12.7. The normalized spacial score (nSPS) is 21.5. The van der Waals surface area contributed by atoms with E-state index in [4.69, 9.17) is 12.2 Å². The molecule has 1 amide bonds. The van der Waals surface area contributed by atoms with Crippen molar-refractivity contribution in [1.29, 1.82) is 0 Å². The van der Waals surface area contributed by atoms with E-state index in [2.05, 4.69) is 48.3 Å². The molecular formula is C21H31N3OS. The first-order chi connectivity index (χ1) is 12.5. The van der Waals surface area contributed by atoms with Crippen molar-refractivity contribution in [3.8, 4) is 0 Å². The summed E-state index contributed by atoms with van der Waals surface area (Å²) < 4.78 is 0. The number of hydrogen-bond donors (Lipinski definition) is 1. The van der Waals surface area contributed by atoms with Gasteiger partial charge in [-0.2, -0.15) is 0 Å². The Kier molecular flexibility index (Phi) is 6.52. The van der Waals surface area contributed by atoms with Crippen molar-refractivity contribution in [2.45, 2.75) is 58.4 Å². The third kappa shape index (κ3) is 4.97. The van der Waals surface area contributed by atoms with Crippen LogP contribution < -0.4 is 5.32 Å². The smallest absolute Gasteiger partial charge is 0.222 e. The molecule has 1 heterocycles. The first kappa shape index (κ1) is 19.2. The van der Waals surface area contributed by atoms with E-state index in [0.29, 0.717) is 11.8 Å². The number of piperazine rings is 1. The number of rotatable bonds is 3. The number of hydrogen-bond acceptors (Lipinski definition) is 2. The molecule has 4 nitrogen and oxygen atoms in total. The quantitative estimate of drug-likeness (QED) is 0.806. The molecule has 0 spiro atoms. The maximum atomic E-state index is 12.7. The van der Waals surface area contributed by atoms with Gasteiger partial charge in [-0.25, -0.2) is 0 Å². The van der Waals surface area contributed by atoms with Crippen LogP contribution in [0.15, 0.2) is 24.3 Å². The second kappa shape index (κ2) is 8.85. The summed E-state index contributed by atoms with van der Waals surface area (Å²) in [5, 5.41) is 4.08. The Morgan fingerprint density at radius 3 is 2.50 bits per heavy atom. The molecule has 1 saturated carbocycles. The molecule has 0 aromatic heterocycles. The van der Waals surface area contributed by atoms with Gasteiger partial charge in [0, 0.05) is 37.8 Å². The molecule has 5 heteroatoms. The number of carbonyl (C=O) groups excluding carboxylic acids is 1. The van der Waals surface area contributed by atoms with Crippen LogP contribution in [0.2, 0.25) is 0 Å². The highest BCUT2D eigenvalue weighted by Gasteiger charge is 2.29. The number of thiocarbonyl (C=S) groups is 1. The fourth-order valence-electron chi connectivity index (χ4n) is 4.09. The van der Waals surface area contributed by atoms with Crippen molar-refractivity contribution in [3.63, 3.8) is 0 Å². The Hall–Kier alpha value is -1.62. The number of carbonyl (C=O) groups is 1. The highest BCUT2D eigenvalue weighted by Crippen LogP contribution is 2.27. The van der Waals surface area contributed by atoms with Gasteiger partial charge in [-0.3, -0.25) is 4.79 Å². The molecule has 0 radical (unpaired) electrons. The summed E-state index contributed by atoms with van der Waals surface area (Å²) in [5.74, 6) is 0.940. The van der Waals surface area contributed by atoms with Crippen molar-refractivity contribution < 1.29 is 4.79 Å². The summed E-state index contributed by atoms with van der Waals surface area (Å²) in [6.07, 6.45) is 7.12. The fraction of sp³-hybridized carbons (Fsp3) is 0.619. The van der Waals surface area contributed by atoms with Crippen molar-refractivity contribution in [2.24, 2.45) is 5.92 Å². The minimum Gasteiger partial charge on any atom is -0.343 e. The SMILES string of the molecule is Cc1ccc(NC(=S)N2CCN(C(=O)CC3CCCCC3)CC2C)cc1. The largest absolute Gasteiger partial charge is 0.343 e. The van der Waals surface area contributed by atoms with Gasteiger partial charge < -0.3 is 15.1 Å². The molecule has 2 aliphatic rings. The van der Waals surface area contributed by atoms with Crippen molar-refractivity contribution in [1.82, 2.24) is 9.80 Å². The third-order valence-corrected chi connectivity index (χ3v) is 6.07. The van der Waals surface area contributed by atoms with E-state index in [0.717, 1.165) is 36.9 Å². The lowest BCUT2D eigenvalue weighted by Gasteiger charge is -2.41. The van der Waals surface area contributed by atoms with Crippen LogP contribution in [0.4, 0.5) is 5.69 Å². The Balaban J connectivity index is 1.50. The van der Waals surface area contributed by atoms with Crippen LogP contribution in [-0.2, 0) is 4.79 Å². The summed E-state index contributed by atoms with van der Waals surface area (Å²) in [4.78, 5) is 16.9. The van der Waals surface area contributed by atoms with Gasteiger partial charge in [0.1, 0.15) is 0 Å². The number of amides is 1. The molecule has 3 rings (SSSR count). The molecule has 0 bridgehead atoms. The van der Waals surface area contributed by atoms with Gasteiger partial charge in [0.15, 0.2) is 5.11 Å². The number of aryl methyl sites for hydroxylation is 1. The molecule has 1 N–H and O–H groups in total. The van der Waals surface area contributed by atoms with E-state index in [1.54, 1.807) is 0 Å². The van der Waals surface area contributed by atoms with Crippen LogP contribution in [0, 0.1) is 12.8 Å². The van der Waals surface area contributed by atoms with E-state index < -0.39 is 0 Å². The van der Waals surface area contributed by atoms with Crippen LogP contribution in [0.3, 0.4) is 0 Å². The van der Waals surface area contributed by atoms with E-state index in [9.17, 15) is 4.79 Å². The Labute approximate surface area is 162 Å². The first-order valence-electron chi connectivity index (χ1n) is 9.95. The fourth-order valence-corrected chi connectivity index (χ4v) is 4.47. The number of nitrogens with zero attached hydrogens (tertiary/aromatic N) is 2. The summed E-state index contributed by atoms with van der Waals surface area (Å²) in [6, 6.07) is 8.50. The monoisotopic (exact) mass is 373 g/mol. The topological polar surface area (TPSA) is 35.6 Å². The van der Waals surface area contributed by atoms with E-state index >= 15 is 0 Å². The average Bonchev–Trinajstić information content (AvgIpc) is 2.64. The van der Waals surface area contributed by atoms with Gasteiger partial charge in [0.25, 0.3) is 0 Å². The Bertz CT molecular complexity index is 625. The third-order valence-electron chi connectivity index (χ3n) is 5.73. The molecule has 1 atom stereocenters. The van der Waals surface area contributed by atoms with Crippen LogP contribution in [0.25, 0.3) is 0 Å². The highest BCUT2D eigenvalue weighted by molar-refractivity contribution is 7.80. The van der Waals surface area contributed by atoms with Gasteiger partial charge in [0.05, 0.1) is 0 Å². The summed E-state index contributed by atoms with van der Waals surface area (Å²) in [5.41, 5.74) is 2.25. The van der Waals surface area contributed by atoms with Crippen molar-refractivity contribution in [2.75, 3.05) is 25.0 Å². The van der Waals surface area contributed by atoms with Gasteiger partial charge in [0.2, 0.25) is 5.91 Å². The van der Waals surface area contributed by atoms with Crippen LogP contribution >= 0.6 is 12.2 Å². The molecule has 1 unspecified atom stereocenters. The molecule has 2 fully saturated rings. The molecule has 26 heavy (non-hydrogen) atoms. The van der Waals surface area contributed by atoms with Crippen LogP contribution in [-0.4, -0.2) is 46.5 Å². The van der Waals surface area contributed by atoms with Crippen molar-refractivity contribution >= 4 is 28.9 Å². The van der Waals surface area contributed by atoms with E-state index in [1.807, 2.05) is 4.90 Å². The molecule has 1 aliphatic heterocycles. The minimum atomic E-state index is 0.240. The lowest BCUT2D eigenvalue weighted by molar-refractivity contribution is -0.134. The van der Waals surface area contributed by atoms with Crippen molar-refractivity contribution in [3.05, 3.63) is 29.8 Å². The number of benzene rings is 1. The van der Waals surface area contributed by atoms with Crippen LogP contribution in [0.5, 0.6) is 0 Å². The molecule has 1 aliphatic carbocycles. The molecule has 1 aromatic carbocycles. The summed E-state index contributed by atoms with van der Waals surface area (Å²) in [6.45, 7) is 6.57. The van der Waals surface area contributed by atoms with Gasteiger partial charge >= 0.3 is 0 Å². The Morgan fingerprint density at radius 1 is 1.15 bits per heavy atom. The predicted octanol–water partition coefficient (Wildman–Crippen LogP) is 4.19. The molecule has 1 saturated heterocycles. The van der Waals surface area contributed by atoms with E-state index in [1.165, 1.54) is 37.7 Å². The van der Waals surface area contributed by atoms with E-state index in [-0.39, 0.29) is 6.04 Å². The second-order valence-corrected chi connectivity index (χ2v) is 8.27. The summed E-state index contributed by atoms with van der Waals surface area (Å²) in [7, 11) is 0.